The van der Waals surface area contributed by atoms with Crippen molar-refractivity contribution in [1.82, 2.24) is 10.2 Å². The Kier molecular flexibility index (Phi) is 7.00. The van der Waals surface area contributed by atoms with Crippen molar-refractivity contribution in [3.8, 4) is 11.3 Å². The number of nitrogens with one attached hydrogen (secondary N) is 1. The van der Waals surface area contributed by atoms with Gasteiger partial charge in [-0.25, -0.2) is 4.39 Å². The van der Waals surface area contributed by atoms with Gasteiger partial charge in [0, 0.05) is 38.9 Å². The highest BCUT2D eigenvalue weighted by atomic mass is 19.1. The molecular formula is C26H27FN2O3. The van der Waals surface area contributed by atoms with Gasteiger partial charge in [0.2, 0.25) is 11.8 Å². The largest absolute Gasteiger partial charge is 0.461 e. The van der Waals surface area contributed by atoms with Gasteiger partial charge in [-0.2, -0.15) is 0 Å². The molecular weight excluding hydrogens is 407 g/mol. The minimum atomic E-state index is -0.338. The second-order valence-corrected chi connectivity index (χ2v) is 8.03. The lowest BCUT2D eigenvalue weighted by Crippen LogP contribution is -2.36. The van der Waals surface area contributed by atoms with Gasteiger partial charge >= 0.3 is 0 Å². The molecule has 2 heterocycles. The number of aryl methyl sites for hydroxylation is 1. The smallest absolute Gasteiger partial charge is 0.222 e. The number of benzene rings is 2. The average molecular weight is 435 g/mol. The third-order valence-electron chi connectivity index (χ3n) is 5.77. The first-order chi connectivity index (χ1) is 15.6. The number of carbonyl (C=O) groups is 2. The van der Waals surface area contributed by atoms with Crippen LogP contribution in [0.2, 0.25) is 0 Å². The van der Waals surface area contributed by atoms with E-state index in [4.69, 9.17) is 4.42 Å². The van der Waals surface area contributed by atoms with Crippen LogP contribution >= 0.6 is 0 Å². The summed E-state index contributed by atoms with van der Waals surface area (Å²) >= 11 is 0. The van der Waals surface area contributed by atoms with Crippen LogP contribution in [0.5, 0.6) is 0 Å². The van der Waals surface area contributed by atoms with Crippen LogP contribution in [0.3, 0.4) is 0 Å². The van der Waals surface area contributed by atoms with Gasteiger partial charge < -0.3 is 14.6 Å². The highest BCUT2D eigenvalue weighted by molar-refractivity contribution is 5.77. The maximum Gasteiger partial charge on any atom is 0.222 e. The summed E-state index contributed by atoms with van der Waals surface area (Å²) in [6.07, 6.45) is 2.64. The molecule has 0 radical (unpaired) electrons. The van der Waals surface area contributed by atoms with Gasteiger partial charge in [-0.3, -0.25) is 9.59 Å². The maximum absolute atomic E-state index is 13.9. The number of carbonyl (C=O) groups excluding carboxylic acids is 2. The third kappa shape index (κ3) is 5.44. The summed E-state index contributed by atoms with van der Waals surface area (Å²) in [5.74, 6) is 0.795. The van der Waals surface area contributed by atoms with E-state index in [0.29, 0.717) is 49.4 Å². The minimum Gasteiger partial charge on any atom is -0.461 e. The number of fused-ring (bicyclic) bond motifs is 1. The highest BCUT2D eigenvalue weighted by Crippen LogP contribution is 2.25. The SMILES string of the molecule is O=C(CCc1ccc(-c2ccccc2F)o1)NCCCC(=O)N1CCc2ccccc2C1. The van der Waals surface area contributed by atoms with Gasteiger partial charge in [-0.15, -0.1) is 0 Å². The topological polar surface area (TPSA) is 62.6 Å². The van der Waals surface area contributed by atoms with Crippen molar-refractivity contribution in [1.29, 1.82) is 0 Å². The van der Waals surface area contributed by atoms with Crippen LogP contribution < -0.4 is 5.32 Å². The first-order valence-corrected chi connectivity index (χ1v) is 11.0. The number of nitrogens with zero attached hydrogens (tertiary/aromatic N) is 1. The van der Waals surface area contributed by atoms with Gasteiger partial charge in [0.25, 0.3) is 0 Å². The predicted molar refractivity (Wildman–Crippen MR) is 120 cm³/mol. The fraction of sp³-hybridized carbons (Fsp3) is 0.308. The zero-order chi connectivity index (χ0) is 22.3. The lowest BCUT2D eigenvalue weighted by atomic mass is 9.99. The lowest BCUT2D eigenvalue weighted by Gasteiger charge is -2.29. The molecule has 32 heavy (non-hydrogen) atoms. The Labute approximate surface area is 187 Å². The van der Waals surface area contributed by atoms with E-state index in [2.05, 4.69) is 17.4 Å². The summed E-state index contributed by atoms with van der Waals surface area (Å²) in [6, 6.07) is 18.2. The molecule has 0 saturated heterocycles. The quantitative estimate of drug-likeness (QED) is 0.531. The van der Waals surface area contributed by atoms with E-state index in [1.54, 1.807) is 30.3 Å². The van der Waals surface area contributed by atoms with Crippen LogP contribution in [0.25, 0.3) is 11.3 Å². The van der Waals surface area contributed by atoms with Gasteiger partial charge in [-0.05, 0) is 48.2 Å². The fourth-order valence-electron chi connectivity index (χ4n) is 3.98. The molecule has 6 heteroatoms. The van der Waals surface area contributed by atoms with Gasteiger partial charge in [-0.1, -0.05) is 36.4 Å². The molecule has 2 aromatic carbocycles. The van der Waals surface area contributed by atoms with E-state index in [-0.39, 0.29) is 24.1 Å². The molecule has 0 bridgehead atoms. The molecule has 1 aliphatic rings. The average Bonchev–Trinajstić information content (AvgIpc) is 3.29. The summed E-state index contributed by atoms with van der Waals surface area (Å²) < 4.78 is 19.5. The second-order valence-electron chi connectivity index (χ2n) is 8.03. The number of hydrogen-bond donors (Lipinski definition) is 1. The van der Waals surface area contributed by atoms with E-state index in [1.165, 1.54) is 17.2 Å². The number of hydrogen-bond acceptors (Lipinski definition) is 3. The molecule has 1 N–H and O–H groups in total. The summed E-state index contributed by atoms with van der Waals surface area (Å²) in [6.45, 7) is 1.88. The molecule has 3 aromatic rings. The van der Waals surface area contributed by atoms with Gasteiger partial charge in [0.05, 0.1) is 5.56 Å². The third-order valence-corrected chi connectivity index (χ3v) is 5.77. The zero-order valence-corrected chi connectivity index (χ0v) is 18.0. The van der Waals surface area contributed by atoms with Crippen LogP contribution in [0.15, 0.2) is 65.1 Å². The minimum absolute atomic E-state index is 0.0896. The molecule has 0 spiro atoms. The molecule has 2 amide bonds. The van der Waals surface area contributed by atoms with E-state index in [0.717, 1.165) is 13.0 Å². The monoisotopic (exact) mass is 434 g/mol. The van der Waals surface area contributed by atoms with E-state index in [1.807, 2.05) is 17.0 Å². The molecule has 0 aliphatic carbocycles. The fourth-order valence-corrected chi connectivity index (χ4v) is 3.98. The summed E-state index contributed by atoms with van der Waals surface area (Å²) in [5, 5.41) is 2.86. The lowest BCUT2D eigenvalue weighted by molar-refractivity contribution is -0.132. The summed E-state index contributed by atoms with van der Waals surface area (Å²) in [7, 11) is 0. The number of rotatable bonds is 8. The van der Waals surface area contributed by atoms with Gasteiger partial charge in [0.1, 0.15) is 17.3 Å². The zero-order valence-electron chi connectivity index (χ0n) is 18.0. The van der Waals surface area contributed by atoms with Crippen LogP contribution in [0.1, 0.15) is 36.1 Å². The maximum atomic E-state index is 13.9. The Morgan fingerprint density at radius 3 is 2.59 bits per heavy atom. The second kappa shape index (κ2) is 10.3. The van der Waals surface area contributed by atoms with Crippen molar-refractivity contribution < 1.29 is 18.4 Å². The van der Waals surface area contributed by atoms with Crippen LogP contribution in [-0.2, 0) is 29.0 Å². The normalized spacial score (nSPS) is 13.0. The van der Waals surface area contributed by atoms with Crippen molar-refractivity contribution in [3.05, 3.63) is 83.4 Å². The molecule has 1 aromatic heterocycles. The van der Waals surface area contributed by atoms with Crippen molar-refractivity contribution in [2.45, 2.75) is 38.6 Å². The summed E-state index contributed by atoms with van der Waals surface area (Å²) in [5.41, 5.74) is 2.95. The summed E-state index contributed by atoms with van der Waals surface area (Å²) in [4.78, 5) is 26.5. The van der Waals surface area contributed by atoms with E-state index < -0.39 is 0 Å². The standard InChI is InChI=1S/C26H27FN2O3/c27-23-9-4-3-8-22(23)24-13-11-21(32-24)12-14-25(30)28-16-5-10-26(31)29-17-15-19-6-1-2-7-20(19)18-29/h1-4,6-9,11,13H,5,10,12,14-18H2,(H,28,30). The number of amides is 2. The van der Waals surface area contributed by atoms with Crippen LogP contribution in [-0.4, -0.2) is 29.8 Å². The van der Waals surface area contributed by atoms with Crippen molar-refractivity contribution in [2.24, 2.45) is 0 Å². The number of halogens is 1. The molecule has 0 fully saturated rings. The van der Waals surface area contributed by atoms with Crippen molar-refractivity contribution >= 4 is 11.8 Å². The molecule has 0 saturated carbocycles. The molecule has 4 rings (SSSR count). The molecule has 0 unspecified atom stereocenters. The molecule has 1 aliphatic heterocycles. The van der Waals surface area contributed by atoms with Gasteiger partial charge in [0.15, 0.2) is 0 Å². The Balaban J connectivity index is 1.15. The Morgan fingerprint density at radius 2 is 1.75 bits per heavy atom. The Hall–Kier alpha value is -3.41. The van der Waals surface area contributed by atoms with Crippen LogP contribution in [0, 0.1) is 5.82 Å². The molecule has 0 atom stereocenters. The van der Waals surface area contributed by atoms with Crippen molar-refractivity contribution in [3.63, 3.8) is 0 Å². The van der Waals surface area contributed by atoms with E-state index >= 15 is 0 Å². The number of furan rings is 1. The van der Waals surface area contributed by atoms with Crippen molar-refractivity contribution in [2.75, 3.05) is 13.1 Å². The van der Waals surface area contributed by atoms with Crippen LogP contribution in [0.4, 0.5) is 4.39 Å². The first-order valence-electron chi connectivity index (χ1n) is 11.0. The Morgan fingerprint density at radius 1 is 0.969 bits per heavy atom. The molecule has 5 nitrogen and oxygen atoms in total. The van der Waals surface area contributed by atoms with E-state index in [9.17, 15) is 14.0 Å². The Bertz CT molecular complexity index is 1090. The first kappa shape index (κ1) is 21.8. The highest BCUT2D eigenvalue weighted by Gasteiger charge is 2.19. The molecule has 166 valence electrons. The predicted octanol–water partition coefficient (Wildman–Crippen LogP) is 4.50.